The molecule has 0 saturated carbocycles. The van der Waals surface area contributed by atoms with E-state index in [2.05, 4.69) is 10.3 Å². The number of para-hydroxylation sites is 1. The number of ether oxygens (including phenoxy) is 1. The molecule has 1 aromatic carbocycles. The number of aromatic amines is 1. The fraction of sp³-hybridized carbons (Fsp3) is 0.412. The number of benzene rings is 1. The van der Waals surface area contributed by atoms with Crippen LogP contribution in [-0.2, 0) is 9.53 Å². The van der Waals surface area contributed by atoms with Gasteiger partial charge in [0.25, 0.3) is 0 Å². The first-order chi connectivity index (χ1) is 11.1. The van der Waals surface area contributed by atoms with Crippen molar-refractivity contribution in [3.8, 4) is 0 Å². The Morgan fingerprint density at radius 1 is 1.39 bits per heavy atom. The van der Waals surface area contributed by atoms with Crippen molar-refractivity contribution in [2.75, 3.05) is 25.5 Å². The number of fused-ring (bicyclic) bond motifs is 1. The smallest absolute Gasteiger partial charge is 0.356 e. The zero-order valence-electron chi connectivity index (χ0n) is 13.4. The largest absolute Gasteiger partial charge is 0.461 e. The Kier molecular flexibility index (Phi) is 4.34. The number of anilines is 1. The SMILES string of the molecule is CCOC(=O)c1[nH]c2ccccc2c1NC(=O)[C@@H]1CCCN1C. The molecule has 3 rings (SSSR count). The van der Waals surface area contributed by atoms with E-state index < -0.39 is 5.97 Å². The van der Waals surface area contributed by atoms with E-state index in [1.54, 1.807) is 6.92 Å². The van der Waals surface area contributed by atoms with E-state index in [9.17, 15) is 9.59 Å². The van der Waals surface area contributed by atoms with E-state index in [0.29, 0.717) is 11.4 Å². The van der Waals surface area contributed by atoms with E-state index in [1.165, 1.54) is 0 Å². The Hall–Kier alpha value is -2.34. The first-order valence-corrected chi connectivity index (χ1v) is 7.90. The zero-order valence-corrected chi connectivity index (χ0v) is 13.4. The maximum Gasteiger partial charge on any atom is 0.356 e. The highest BCUT2D eigenvalue weighted by molar-refractivity contribution is 6.11. The van der Waals surface area contributed by atoms with Gasteiger partial charge in [0.2, 0.25) is 5.91 Å². The molecule has 1 amide bonds. The topological polar surface area (TPSA) is 74.4 Å². The summed E-state index contributed by atoms with van der Waals surface area (Å²) in [5.41, 5.74) is 1.59. The maximum absolute atomic E-state index is 12.6. The van der Waals surface area contributed by atoms with Crippen LogP contribution in [0.3, 0.4) is 0 Å². The van der Waals surface area contributed by atoms with E-state index in [-0.39, 0.29) is 18.6 Å². The summed E-state index contributed by atoms with van der Waals surface area (Å²) in [5.74, 6) is -0.543. The summed E-state index contributed by atoms with van der Waals surface area (Å²) in [6.07, 6.45) is 1.84. The van der Waals surface area contributed by atoms with Crippen LogP contribution in [-0.4, -0.2) is 48.0 Å². The average Bonchev–Trinajstić information content (AvgIpc) is 3.12. The van der Waals surface area contributed by atoms with Crippen LogP contribution in [0.1, 0.15) is 30.3 Å². The number of hydrogen-bond donors (Lipinski definition) is 2. The lowest BCUT2D eigenvalue weighted by Gasteiger charge is -2.18. The molecular formula is C17H21N3O3. The summed E-state index contributed by atoms with van der Waals surface area (Å²) in [4.78, 5) is 29.9. The molecule has 0 radical (unpaired) electrons. The summed E-state index contributed by atoms with van der Waals surface area (Å²) in [7, 11) is 1.94. The fourth-order valence-electron chi connectivity index (χ4n) is 3.08. The highest BCUT2D eigenvalue weighted by Crippen LogP contribution is 2.29. The molecule has 1 atom stereocenters. The van der Waals surface area contributed by atoms with Gasteiger partial charge in [0.05, 0.1) is 18.3 Å². The molecule has 6 nitrogen and oxygen atoms in total. The van der Waals surface area contributed by atoms with Gasteiger partial charge in [0.1, 0.15) is 5.69 Å². The molecule has 0 unspecified atom stereocenters. The van der Waals surface area contributed by atoms with Gasteiger partial charge in [-0.2, -0.15) is 0 Å². The average molecular weight is 315 g/mol. The molecule has 2 heterocycles. The van der Waals surface area contributed by atoms with Gasteiger partial charge in [-0.25, -0.2) is 4.79 Å². The van der Waals surface area contributed by atoms with Crippen LogP contribution >= 0.6 is 0 Å². The number of aromatic nitrogens is 1. The van der Waals surface area contributed by atoms with Gasteiger partial charge >= 0.3 is 5.97 Å². The van der Waals surface area contributed by atoms with Crippen LogP contribution in [0, 0.1) is 0 Å². The predicted molar refractivity (Wildman–Crippen MR) is 88.5 cm³/mol. The van der Waals surface area contributed by atoms with Crippen LogP contribution in [0.2, 0.25) is 0 Å². The number of nitrogens with zero attached hydrogens (tertiary/aromatic N) is 1. The summed E-state index contributed by atoms with van der Waals surface area (Å²) in [6, 6.07) is 7.35. The van der Waals surface area contributed by atoms with E-state index in [1.807, 2.05) is 36.2 Å². The minimum atomic E-state index is -0.459. The Morgan fingerprint density at radius 2 is 2.17 bits per heavy atom. The van der Waals surface area contributed by atoms with Gasteiger partial charge < -0.3 is 15.0 Å². The number of hydrogen-bond acceptors (Lipinski definition) is 4. The molecule has 23 heavy (non-hydrogen) atoms. The van der Waals surface area contributed by atoms with E-state index >= 15 is 0 Å². The standard InChI is InChI=1S/C17H21N3O3/c1-3-23-17(22)15-14(11-7-4-5-8-12(11)18-15)19-16(21)13-9-6-10-20(13)2/h4-5,7-8,13,18H,3,6,9-10H2,1-2H3,(H,19,21)/t13-/m0/s1. The minimum absolute atomic E-state index is 0.0831. The monoisotopic (exact) mass is 315 g/mol. The van der Waals surface area contributed by atoms with Crippen molar-refractivity contribution in [3.63, 3.8) is 0 Å². The molecule has 122 valence electrons. The zero-order chi connectivity index (χ0) is 16.4. The number of carbonyl (C=O) groups excluding carboxylic acids is 2. The van der Waals surface area contributed by atoms with E-state index in [4.69, 9.17) is 4.74 Å². The number of rotatable bonds is 4. The van der Waals surface area contributed by atoms with Crippen molar-refractivity contribution in [1.29, 1.82) is 0 Å². The molecule has 6 heteroatoms. The maximum atomic E-state index is 12.6. The van der Waals surface area contributed by atoms with Gasteiger partial charge in [-0.15, -0.1) is 0 Å². The molecule has 1 aliphatic heterocycles. The number of esters is 1. The highest BCUT2D eigenvalue weighted by Gasteiger charge is 2.29. The lowest BCUT2D eigenvalue weighted by Crippen LogP contribution is -2.37. The number of H-pyrrole nitrogens is 1. The molecule has 1 saturated heterocycles. The first-order valence-electron chi connectivity index (χ1n) is 7.90. The fourth-order valence-corrected chi connectivity index (χ4v) is 3.08. The Balaban J connectivity index is 1.96. The third-order valence-corrected chi connectivity index (χ3v) is 4.26. The summed E-state index contributed by atoms with van der Waals surface area (Å²) in [6.45, 7) is 2.95. The Labute approximate surface area is 134 Å². The van der Waals surface area contributed by atoms with Crippen molar-refractivity contribution < 1.29 is 14.3 Å². The quantitative estimate of drug-likeness (QED) is 0.850. The molecule has 0 aliphatic carbocycles. The molecule has 0 bridgehead atoms. The third kappa shape index (κ3) is 2.94. The van der Waals surface area contributed by atoms with Crippen molar-refractivity contribution in [3.05, 3.63) is 30.0 Å². The Morgan fingerprint density at radius 3 is 2.87 bits per heavy atom. The summed E-state index contributed by atoms with van der Waals surface area (Å²) < 4.78 is 5.09. The van der Waals surface area contributed by atoms with Crippen molar-refractivity contribution in [2.24, 2.45) is 0 Å². The van der Waals surface area contributed by atoms with Gasteiger partial charge in [-0.3, -0.25) is 9.69 Å². The number of likely N-dealkylation sites (tertiary alicyclic amines) is 1. The van der Waals surface area contributed by atoms with Crippen LogP contribution in [0.15, 0.2) is 24.3 Å². The Bertz CT molecular complexity index is 738. The predicted octanol–water partition coefficient (Wildman–Crippen LogP) is 2.38. The summed E-state index contributed by atoms with van der Waals surface area (Å²) >= 11 is 0. The first kappa shape index (κ1) is 15.6. The molecule has 2 aromatic rings. The third-order valence-electron chi connectivity index (χ3n) is 4.26. The van der Waals surface area contributed by atoms with Gasteiger partial charge in [-0.05, 0) is 39.4 Å². The molecule has 0 spiro atoms. The normalized spacial score (nSPS) is 18.3. The van der Waals surface area contributed by atoms with Crippen LogP contribution in [0.5, 0.6) is 0 Å². The van der Waals surface area contributed by atoms with E-state index in [0.717, 1.165) is 30.3 Å². The lowest BCUT2D eigenvalue weighted by molar-refractivity contribution is -0.119. The molecule has 1 fully saturated rings. The minimum Gasteiger partial charge on any atom is -0.461 e. The van der Waals surface area contributed by atoms with Crippen molar-refractivity contribution in [2.45, 2.75) is 25.8 Å². The second-order valence-corrected chi connectivity index (χ2v) is 5.77. The number of likely N-dealkylation sites (N-methyl/N-ethyl adjacent to an activating group) is 1. The summed E-state index contributed by atoms with van der Waals surface area (Å²) in [5, 5.41) is 3.74. The highest BCUT2D eigenvalue weighted by atomic mass is 16.5. The van der Waals surface area contributed by atoms with Crippen LogP contribution in [0.4, 0.5) is 5.69 Å². The molecule has 2 N–H and O–H groups in total. The van der Waals surface area contributed by atoms with Crippen LogP contribution < -0.4 is 5.32 Å². The molecule has 1 aromatic heterocycles. The lowest BCUT2D eigenvalue weighted by atomic mass is 10.1. The number of carbonyl (C=O) groups is 2. The van der Waals surface area contributed by atoms with Crippen molar-refractivity contribution >= 4 is 28.5 Å². The second kappa shape index (κ2) is 6.42. The van der Waals surface area contributed by atoms with Gasteiger partial charge in [-0.1, -0.05) is 18.2 Å². The molecular weight excluding hydrogens is 294 g/mol. The van der Waals surface area contributed by atoms with Crippen LogP contribution in [0.25, 0.3) is 10.9 Å². The van der Waals surface area contributed by atoms with Crippen molar-refractivity contribution in [1.82, 2.24) is 9.88 Å². The second-order valence-electron chi connectivity index (χ2n) is 5.77. The number of nitrogens with one attached hydrogen (secondary N) is 2. The van der Waals surface area contributed by atoms with Gasteiger partial charge in [0, 0.05) is 10.9 Å². The number of amides is 1. The van der Waals surface area contributed by atoms with Gasteiger partial charge in [0.15, 0.2) is 0 Å². The molecule has 1 aliphatic rings.